The first kappa shape index (κ1) is 8.95. The highest BCUT2D eigenvalue weighted by Gasteiger charge is 2.29. The predicted molar refractivity (Wildman–Crippen MR) is 56.0 cm³/mol. The maximum atomic E-state index is 11.8. The molecule has 1 aliphatic carbocycles. The fourth-order valence-electron chi connectivity index (χ4n) is 1.89. The van der Waals surface area contributed by atoms with E-state index in [2.05, 4.69) is 22.9 Å². The molecule has 0 amide bonds. The zero-order valence-corrected chi connectivity index (χ0v) is 9.10. The summed E-state index contributed by atoms with van der Waals surface area (Å²) in [7, 11) is 0. The van der Waals surface area contributed by atoms with Crippen LogP contribution in [0.2, 0.25) is 0 Å². The number of benzene rings is 1. The van der Waals surface area contributed by atoms with Gasteiger partial charge in [-0.2, -0.15) is 0 Å². The second kappa shape index (κ2) is 3.26. The Morgan fingerprint density at radius 2 is 2.31 bits per heavy atom. The van der Waals surface area contributed by atoms with Crippen molar-refractivity contribution in [3.63, 3.8) is 0 Å². The lowest BCUT2D eigenvalue weighted by Crippen LogP contribution is -2.06. The Morgan fingerprint density at radius 3 is 2.92 bits per heavy atom. The maximum absolute atomic E-state index is 11.8. The van der Waals surface area contributed by atoms with Crippen molar-refractivity contribution >= 4 is 21.7 Å². The average molecular weight is 239 g/mol. The van der Waals surface area contributed by atoms with Crippen LogP contribution in [-0.4, -0.2) is 5.78 Å². The van der Waals surface area contributed by atoms with Crippen molar-refractivity contribution in [1.82, 2.24) is 0 Å². The van der Waals surface area contributed by atoms with Crippen LogP contribution in [0.25, 0.3) is 0 Å². The second-order valence-corrected chi connectivity index (χ2v) is 4.29. The second-order valence-electron chi connectivity index (χ2n) is 3.44. The van der Waals surface area contributed by atoms with Crippen LogP contribution in [0.4, 0.5) is 0 Å². The number of ketones is 1. The van der Waals surface area contributed by atoms with Gasteiger partial charge in [0, 0.05) is 16.0 Å². The number of hydrogen-bond donors (Lipinski definition) is 0. The highest BCUT2D eigenvalue weighted by Crippen LogP contribution is 2.33. The SMILES string of the molecule is CCC1Cc2c(Br)cccc2C1=O. The minimum Gasteiger partial charge on any atom is -0.294 e. The summed E-state index contributed by atoms with van der Waals surface area (Å²) >= 11 is 3.48. The number of hydrogen-bond acceptors (Lipinski definition) is 1. The van der Waals surface area contributed by atoms with Gasteiger partial charge in [0.25, 0.3) is 0 Å². The zero-order chi connectivity index (χ0) is 9.42. The third kappa shape index (κ3) is 1.33. The molecule has 2 heteroatoms. The van der Waals surface area contributed by atoms with Gasteiger partial charge in [-0.25, -0.2) is 0 Å². The van der Waals surface area contributed by atoms with Gasteiger partial charge in [-0.1, -0.05) is 35.0 Å². The van der Waals surface area contributed by atoms with Gasteiger partial charge in [0.1, 0.15) is 0 Å². The molecule has 1 aromatic carbocycles. The molecule has 2 rings (SSSR count). The molecule has 0 aromatic heterocycles. The van der Waals surface area contributed by atoms with Crippen LogP contribution in [0.1, 0.15) is 29.3 Å². The van der Waals surface area contributed by atoms with Gasteiger partial charge in [0.2, 0.25) is 0 Å². The van der Waals surface area contributed by atoms with E-state index in [-0.39, 0.29) is 5.92 Å². The first-order valence-corrected chi connectivity index (χ1v) is 5.35. The molecule has 0 bridgehead atoms. The Kier molecular flexibility index (Phi) is 2.24. The first-order chi connectivity index (χ1) is 6.24. The van der Waals surface area contributed by atoms with Crippen LogP contribution in [0.3, 0.4) is 0 Å². The molecule has 1 aliphatic rings. The lowest BCUT2D eigenvalue weighted by atomic mass is 10.0. The van der Waals surface area contributed by atoms with E-state index in [4.69, 9.17) is 0 Å². The third-order valence-electron chi connectivity index (χ3n) is 2.70. The van der Waals surface area contributed by atoms with E-state index >= 15 is 0 Å². The van der Waals surface area contributed by atoms with Crippen molar-refractivity contribution in [2.24, 2.45) is 5.92 Å². The van der Waals surface area contributed by atoms with E-state index in [1.807, 2.05) is 18.2 Å². The topological polar surface area (TPSA) is 17.1 Å². The van der Waals surface area contributed by atoms with Gasteiger partial charge in [0.15, 0.2) is 5.78 Å². The fourth-order valence-corrected chi connectivity index (χ4v) is 2.41. The van der Waals surface area contributed by atoms with Crippen molar-refractivity contribution < 1.29 is 4.79 Å². The smallest absolute Gasteiger partial charge is 0.166 e. The fraction of sp³-hybridized carbons (Fsp3) is 0.364. The monoisotopic (exact) mass is 238 g/mol. The van der Waals surface area contributed by atoms with Gasteiger partial charge in [-0.05, 0) is 24.5 Å². The quantitative estimate of drug-likeness (QED) is 0.735. The highest BCUT2D eigenvalue weighted by atomic mass is 79.9. The Bertz CT molecular complexity index is 357. The van der Waals surface area contributed by atoms with E-state index in [9.17, 15) is 4.79 Å². The molecule has 0 spiro atoms. The molecule has 0 saturated heterocycles. The number of carbonyl (C=O) groups excluding carboxylic acids is 1. The van der Waals surface area contributed by atoms with Crippen LogP contribution < -0.4 is 0 Å². The summed E-state index contributed by atoms with van der Waals surface area (Å²) in [6.07, 6.45) is 1.85. The summed E-state index contributed by atoms with van der Waals surface area (Å²) in [5.41, 5.74) is 2.11. The van der Waals surface area contributed by atoms with Gasteiger partial charge in [-0.3, -0.25) is 4.79 Å². The molecule has 1 atom stereocenters. The van der Waals surface area contributed by atoms with E-state index in [1.165, 1.54) is 5.56 Å². The molecule has 0 fully saturated rings. The molecule has 0 heterocycles. The average Bonchev–Trinajstić information content (AvgIpc) is 2.45. The summed E-state index contributed by atoms with van der Waals surface area (Å²) in [6.45, 7) is 2.07. The predicted octanol–water partition coefficient (Wildman–Crippen LogP) is 3.21. The van der Waals surface area contributed by atoms with Crippen LogP contribution in [0.5, 0.6) is 0 Å². The van der Waals surface area contributed by atoms with E-state index < -0.39 is 0 Å². The molecule has 0 aliphatic heterocycles. The maximum Gasteiger partial charge on any atom is 0.166 e. The molecule has 0 saturated carbocycles. The van der Waals surface area contributed by atoms with Crippen molar-refractivity contribution in [3.05, 3.63) is 33.8 Å². The summed E-state index contributed by atoms with van der Waals surface area (Å²) in [4.78, 5) is 11.8. The lowest BCUT2D eigenvalue weighted by Gasteiger charge is -2.00. The van der Waals surface area contributed by atoms with Crippen LogP contribution in [0, 0.1) is 5.92 Å². The molecular weight excluding hydrogens is 228 g/mol. The van der Waals surface area contributed by atoms with Crippen LogP contribution in [-0.2, 0) is 6.42 Å². The summed E-state index contributed by atoms with van der Waals surface area (Å²) in [5.74, 6) is 0.535. The van der Waals surface area contributed by atoms with Crippen LogP contribution in [0.15, 0.2) is 22.7 Å². The molecule has 1 aromatic rings. The minimum absolute atomic E-state index is 0.216. The van der Waals surface area contributed by atoms with E-state index in [1.54, 1.807) is 0 Å². The summed E-state index contributed by atoms with van der Waals surface area (Å²) in [6, 6.07) is 5.86. The third-order valence-corrected chi connectivity index (χ3v) is 3.44. The van der Waals surface area contributed by atoms with Crippen LogP contribution >= 0.6 is 15.9 Å². The lowest BCUT2D eigenvalue weighted by molar-refractivity contribution is 0.0934. The Balaban J connectivity index is 2.49. The first-order valence-electron chi connectivity index (χ1n) is 4.55. The highest BCUT2D eigenvalue weighted by molar-refractivity contribution is 9.10. The molecule has 13 heavy (non-hydrogen) atoms. The van der Waals surface area contributed by atoms with E-state index in [0.717, 1.165) is 22.9 Å². The number of Topliss-reactive ketones (excluding diaryl/α,β-unsaturated/α-hetero) is 1. The largest absolute Gasteiger partial charge is 0.294 e. The van der Waals surface area contributed by atoms with Gasteiger partial charge < -0.3 is 0 Å². The number of halogens is 1. The summed E-state index contributed by atoms with van der Waals surface area (Å²) < 4.78 is 1.08. The Morgan fingerprint density at radius 1 is 1.54 bits per heavy atom. The Labute approximate surface area is 86.3 Å². The molecule has 1 unspecified atom stereocenters. The molecule has 0 radical (unpaired) electrons. The standard InChI is InChI=1S/C11H11BrO/c1-2-7-6-9-8(11(7)13)4-3-5-10(9)12/h3-5,7H,2,6H2,1H3. The van der Waals surface area contributed by atoms with Crippen molar-refractivity contribution in [2.45, 2.75) is 19.8 Å². The Hall–Kier alpha value is -0.630. The van der Waals surface area contributed by atoms with Gasteiger partial charge in [0.05, 0.1) is 0 Å². The van der Waals surface area contributed by atoms with Crippen molar-refractivity contribution in [3.8, 4) is 0 Å². The zero-order valence-electron chi connectivity index (χ0n) is 7.51. The molecule has 68 valence electrons. The van der Waals surface area contributed by atoms with Gasteiger partial charge in [-0.15, -0.1) is 0 Å². The van der Waals surface area contributed by atoms with Crippen molar-refractivity contribution in [2.75, 3.05) is 0 Å². The number of fused-ring (bicyclic) bond motifs is 1. The molecular formula is C11H11BrO. The molecule has 1 nitrogen and oxygen atoms in total. The summed E-state index contributed by atoms with van der Waals surface area (Å²) in [5, 5.41) is 0. The minimum atomic E-state index is 0.216. The van der Waals surface area contributed by atoms with E-state index in [0.29, 0.717) is 5.78 Å². The van der Waals surface area contributed by atoms with Gasteiger partial charge >= 0.3 is 0 Å². The number of carbonyl (C=O) groups is 1. The van der Waals surface area contributed by atoms with Crippen molar-refractivity contribution in [1.29, 1.82) is 0 Å². The number of rotatable bonds is 1. The molecule has 0 N–H and O–H groups in total. The normalized spacial score (nSPS) is 20.5.